The van der Waals surface area contributed by atoms with Crippen LogP contribution in [0.3, 0.4) is 0 Å². The van der Waals surface area contributed by atoms with Gasteiger partial charge in [-0.3, -0.25) is 4.79 Å². The topological polar surface area (TPSA) is 66.3 Å². The van der Waals surface area contributed by atoms with E-state index in [1.165, 1.54) is 0 Å². The second-order valence-corrected chi connectivity index (χ2v) is 5.75. The molecule has 0 bridgehead atoms. The fraction of sp³-hybridized carbons (Fsp3) is 0.667. The number of likely N-dealkylation sites (tertiary alicyclic amines) is 1. The molecule has 16 heavy (non-hydrogen) atoms. The van der Waals surface area contributed by atoms with E-state index < -0.39 is 5.60 Å². The summed E-state index contributed by atoms with van der Waals surface area (Å²) in [6.45, 7) is 2.72. The number of halogens is 1. The number of piperidine rings is 1. The fourth-order valence-electron chi connectivity index (χ4n) is 1.82. The van der Waals surface area contributed by atoms with Gasteiger partial charge >= 0.3 is 0 Å². The Morgan fingerprint density at radius 1 is 1.62 bits per heavy atom. The lowest BCUT2D eigenvalue weighted by atomic mass is 9.95. The zero-order valence-corrected chi connectivity index (χ0v) is 10.4. The van der Waals surface area contributed by atoms with Crippen LogP contribution >= 0.6 is 22.9 Å². The number of β-amino-alcohol motifs (C(OH)–C–C–N with tert-alkyl or cyclic N) is 1. The van der Waals surface area contributed by atoms with Crippen LogP contribution in [0.15, 0.2) is 0 Å². The largest absolute Gasteiger partial charge is 0.388 e. The summed E-state index contributed by atoms with van der Waals surface area (Å²) in [6, 6.07) is 0. The summed E-state index contributed by atoms with van der Waals surface area (Å²) in [5.41, 5.74) is -0.803. The maximum Gasteiger partial charge on any atom is 0.284 e. The van der Waals surface area contributed by atoms with Crippen LogP contribution in [0.4, 0.5) is 0 Å². The summed E-state index contributed by atoms with van der Waals surface area (Å²) in [5.74, 6) is -0.204. The van der Waals surface area contributed by atoms with E-state index >= 15 is 0 Å². The van der Waals surface area contributed by atoms with Crippen LogP contribution in [0.1, 0.15) is 29.6 Å². The van der Waals surface area contributed by atoms with Gasteiger partial charge in [0.15, 0.2) is 0 Å². The number of nitrogens with zero attached hydrogens (tertiary/aromatic N) is 3. The van der Waals surface area contributed by atoms with Gasteiger partial charge in [0.2, 0.25) is 9.47 Å². The van der Waals surface area contributed by atoms with Gasteiger partial charge in [-0.25, -0.2) is 0 Å². The summed E-state index contributed by atoms with van der Waals surface area (Å²) < 4.78 is 0.257. The maximum atomic E-state index is 12.0. The summed E-state index contributed by atoms with van der Waals surface area (Å²) >= 11 is 6.68. The van der Waals surface area contributed by atoms with Crippen molar-refractivity contribution in [2.75, 3.05) is 13.1 Å². The summed E-state index contributed by atoms with van der Waals surface area (Å²) in [5, 5.41) is 17.5. The molecular weight excluding hydrogens is 250 g/mol. The predicted octanol–water partition coefficient (Wildman–Crippen LogP) is 1.18. The molecule has 1 amide bonds. The van der Waals surface area contributed by atoms with Gasteiger partial charge in [-0.05, 0) is 31.4 Å². The molecule has 1 N–H and O–H groups in total. The Balaban J connectivity index is 2.10. The fourth-order valence-corrected chi connectivity index (χ4v) is 2.62. The molecule has 1 aliphatic heterocycles. The molecule has 1 saturated heterocycles. The van der Waals surface area contributed by atoms with Crippen molar-refractivity contribution in [2.45, 2.75) is 25.4 Å². The van der Waals surface area contributed by atoms with Crippen LogP contribution in [-0.4, -0.2) is 44.8 Å². The molecule has 5 nitrogen and oxygen atoms in total. The normalized spacial score (nSPS) is 25.8. The third kappa shape index (κ3) is 2.50. The van der Waals surface area contributed by atoms with Gasteiger partial charge in [-0.1, -0.05) is 11.3 Å². The third-order valence-corrected chi connectivity index (χ3v) is 3.55. The van der Waals surface area contributed by atoms with Gasteiger partial charge in [0.1, 0.15) is 0 Å². The monoisotopic (exact) mass is 261 g/mol. The molecule has 1 aromatic heterocycles. The molecule has 1 fully saturated rings. The minimum atomic E-state index is -0.803. The van der Waals surface area contributed by atoms with Crippen LogP contribution in [0.2, 0.25) is 4.47 Å². The number of hydrogen-bond donors (Lipinski definition) is 1. The van der Waals surface area contributed by atoms with Crippen LogP contribution in [-0.2, 0) is 0 Å². The van der Waals surface area contributed by atoms with E-state index in [-0.39, 0.29) is 15.4 Å². The molecule has 1 aliphatic rings. The van der Waals surface area contributed by atoms with Crippen molar-refractivity contribution >= 4 is 28.8 Å². The Hall–Kier alpha value is -0.720. The highest BCUT2D eigenvalue weighted by molar-refractivity contribution is 7.17. The van der Waals surface area contributed by atoms with E-state index in [0.29, 0.717) is 19.5 Å². The molecule has 1 unspecified atom stereocenters. The van der Waals surface area contributed by atoms with Gasteiger partial charge < -0.3 is 10.0 Å². The van der Waals surface area contributed by atoms with Crippen molar-refractivity contribution in [3.05, 3.63) is 9.47 Å². The molecular formula is C9H12ClN3O2S. The van der Waals surface area contributed by atoms with Crippen molar-refractivity contribution in [1.82, 2.24) is 15.1 Å². The second kappa shape index (κ2) is 4.27. The molecule has 88 valence electrons. The summed E-state index contributed by atoms with van der Waals surface area (Å²) in [7, 11) is 0. The Bertz CT molecular complexity index is 407. The zero-order valence-electron chi connectivity index (χ0n) is 8.81. The van der Waals surface area contributed by atoms with E-state index in [9.17, 15) is 9.90 Å². The van der Waals surface area contributed by atoms with E-state index in [4.69, 9.17) is 11.6 Å². The average Bonchev–Trinajstić information content (AvgIpc) is 2.62. The van der Waals surface area contributed by atoms with Crippen molar-refractivity contribution in [3.63, 3.8) is 0 Å². The van der Waals surface area contributed by atoms with Gasteiger partial charge in [0.05, 0.1) is 5.60 Å². The lowest BCUT2D eigenvalue weighted by molar-refractivity contribution is -0.0107. The van der Waals surface area contributed by atoms with E-state index in [1.807, 2.05) is 0 Å². The first-order chi connectivity index (χ1) is 7.48. The quantitative estimate of drug-likeness (QED) is 0.824. The Kier molecular flexibility index (Phi) is 3.14. The minimum Gasteiger partial charge on any atom is -0.388 e. The molecule has 7 heteroatoms. The minimum absolute atomic E-state index is 0.204. The summed E-state index contributed by atoms with van der Waals surface area (Å²) in [4.78, 5) is 13.6. The van der Waals surface area contributed by atoms with Crippen molar-refractivity contribution in [2.24, 2.45) is 0 Å². The summed E-state index contributed by atoms with van der Waals surface area (Å²) in [6.07, 6.45) is 1.51. The van der Waals surface area contributed by atoms with Crippen molar-refractivity contribution in [3.8, 4) is 0 Å². The van der Waals surface area contributed by atoms with Crippen molar-refractivity contribution in [1.29, 1.82) is 0 Å². The van der Waals surface area contributed by atoms with Gasteiger partial charge in [-0.2, -0.15) is 0 Å². The molecule has 0 saturated carbocycles. The third-order valence-electron chi connectivity index (χ3n) is 2.55. The molecule has 1 aromatic rings. The lowest BCUT2D eigenvalue weighted by Crippen LogP contribution is -2.48. The number of amides is 1. The Morgan fingerprint density at radius 2 is 2.38 bits per heavy atom. The van der Waals surface area contributed by atoms with Crippen molar-refractivity contribution < 1.29 is 9.90 Å². The Labute approximate surface area is 102 Å². The highest BCUT2D eigenvalue weighted by Crippen LogP contribution is 2.23. The number of aromatic nitrogens is 2. The van der Waals surface area contributed by atoms with Crippen LogP contribution in [0.5, 0.6) is 0 Å². The molecule has 0 spiro atoms. The number of rotatable bonds is 1. The zero-order chi connectivity index (χ0) is 11.8. The highest BCUT2D eigenvalue weighted by Gasteiger charge is 2.32. The molecule has 0 aromatic carbocycles. The van der Waals surface area contributed by atoms with Crippen LogP contribution in [0.25, 0.3) is 0 Å². The van der Waals surface area contributed by atoms with Crippen LogP contribution < -0.4 is 0 Å². The standard InChI is InChI=1S/C9H12ClN3O2S/c1-9(15)3-2-4-13(5-9)7(14)6-11-12-8(10)16-6/h15H,2-5H2,1H3. The maximum absolute atomic E-state index is 12.0. The number of carbonyl (C=O) groups excluding carboxylic acids is 1. The molecule has 1 atom stereocenters. The predicted molar refractivity (Wildman–Crippen MR) is 60.7 cm³/mol. The first-order valence-electron chi connectivity index (χ1n) is 4.99. The number of carbonyl (C=O) groups is 1. The van der Waals surface area contributed by atoms with Gasteiger partial charge in [0.25, 0.3) is 5.91 Å². The molecule has 2 heterocycles. The van der Waals surface area contributed by atoms with E-state index in [0.717, 1.165) is 17.8 Å². The average molecular weight is 262 g/mol. The van der Waals surface area contributed by atoms with Crippen LogP contribution in [0, 0.1) is 0 Å². The lowest BCUT2D eigenvalue weighted by Gasteiger charge is -2.36. The molecule has 0 aliphatic carbocycles. The van der Waals surface area contributed by atoms with E-state index in [2.05, 4.69) is 10.2 Å². The van der Waals surface area contributed by atoms with Gasteiger partial charge in [0, 0.05) is 13.1 Å². The van der Waals surface area contributed by atoms with E-state index in [1.54, 1.807) is 11.8 Å². The SMILES string of the molecule is CC1(O)CCCN(C(=O)c2nnc(Cl)s2)C1. The highest BCUT2D eigenvalue weighted by atomic mass is 35.5. The number of hydrogen-bond acceptors (Lipinski definition) is 5. The number of aliphatic hydroxyl groups is 1. The first kappa shape index (κ1) is 11.8. The molecule has 2 rings (SSSR count). The molecule has 0 radical (unpaired) electrons. The first-order valence-corrected chi connectivity index (χ1v) is 6.18. The Morgan fingerprint density at radius 3 is 2.94 bits per heavy atom. The smallest absolute Gasteiger partial charge is 0.284 e. The van der Waals surface area contributed by atoms with Gasteiger partial charge in [-0.15, -0.1) is 10.2 Å². The second-order valence-electron chi connectivity index (χ2n) is 4.19.